The monoisotopic (exact) mass is 430 g/mol. The van der Waals surface area contributed by atoms with Gasteiger partial charge in [0, 0.05) is 17.6 Å². The Morgan fingerprint density at radius 1 is 1.06 bits per heavy atom. The van der Waals surface area contributed by atoms with E-state index >= 15 is 0 Å². The lowest BCUT2D eigenvalue weighted by molar-refractivity contribution is -0.199. The van der Waals surface area contributed by atoms with Crippen molar-refractivity contribution in [1.29, 1.82) is 0 Å². The largest absolute Gasteiger partial charge is 0.465 e. The van der Waals surface area contributed by atoms with Crippen molar-refractivity contribution < 1.29 is 28.6 Å². The second kappa shape index (κ2) is 8.10. The van der Waals surface area contributed by atoms with E-state index in [2.05, 4.69) is 13.5 Å². The Balaban J connectivity index is 1.31. The fraction of sp³-hybridized carbons (Fsp3) is 0.720. The van der Waals surface area contributed by atoms with Gasteiger partial charge in [0.15, 0.2) is 0 Å². The molecular formula is C25H34O6. The van der Waals surface area contributed by atoms with Crippen molar-refractivity contribution in [2.24, 2.45) is 23.7 Å². The van der Waals surface area contributed by atoms with Gasteiger partial charge in [-0.25, -0.2) is 9.59 Å². The molecular weight excluding hydrogens is 396 g/mol. The molecule has 4 aliphatic carbocycles. The third-order valence-corrected chi connectivity index (χ3v) is 8.09. The van der Waals surface area contributed by atoms with Crippen molar-refractivity contribution in [2.75, 3.05) is 6.61 Å². The van der Waals surface area contributed by atoms with E-state index in [0.717, 1.165) is 11.8 Å². The molecule has 5 rings (SSSR count). The molecule has 0 aromatic rings. The van der Waals surface area contributed by atoms with Gasteiger partial charge in [-0.05, 0) is 83.0 Å². The lowest BCUT2D eigenvalue weighted by atomic mass is 9.50. The summed E-state index contributed by atoms with van der Waals surface area (Å²) in [6.45, 7) is 9.64. The van der Waals surface area contributed by atoms with Crippen LogP contribution in [0.15, 0.2) is 23.8 Å². The van der Waals surface area contributed by atoms with E-state index in [1.54, 1.807) is 19.9 Å². The maximum atomic E-state index is 12.8. The minimum atomic E-state index is -0.856. The molecule has 4 saturated carbocycles. The molecule has 1 heterocycles. The molecule has 170 valence electrons. The van der Waals surface area contributed by atoms with E-state index in [1.807, 2.05) is 0 Å². The second-order valence-electron chi connectivity index (χ2n) is 10.6. The van der Waals surface area contributed by atoms with Crippen LogP contribution in [0.5, 0.6) is 0 Å². The number of hydrogen-bond acceptors (Lipinski definition) is 6. The standard InChI is InChI=1S/C25H34O6/c1-15(22(27)30-24(3)7-8-29-21(26)14-24)5-6-16(2)23(28)31-25(4)19-10-17-9-18(12-19)13-20(25)11-17/h5,17-20H,2,6-14H2,1,3-4H3. The first-order valence-corrected chi connectivity index (χ1v) is 11.5. The highest BCUT2D eigenvalue weighted by Crippen LogP contribution is 2.59. The molecule has 1 atom stereocenters. The minimum Gasteiger partial charge on any atom is -0.465 e. The number of rotatable bonds is 6. The maximum Gasteiger partial charge on any atom is 0.334 e. The molecule has 1 aliphatic heterocycles. The van der Waals surface area contributed by atoms with Crippen LogP contribution in [-0.4, -0.2) is 35.7 Å². The van der Waals surface area contributed by atoms with E-state index < -0.39 is 17.2 Å². The summed E-state index contributed by atoms with van der Waals surface area (Å²) in [5, 5.41) is 0. The number of carbonyl (C=O) groups is 3. The molecule has 6 nitrogen and oxygen atoms in total. The predicted molar refractivity (Wildman–Crippen MR) is 114 cm³/mol. The summed E-state index contributed by atoms with van der Waals surface area (Å²) in [6, 6.07) is 0. The number of carbonyl (C=O) groups excluding carboxylic acids is 3. The van der Waals surface area contributed by atoms with Crippen molar-refractivity contribution in [3.8, 4) is 0 Å². The molecule has 1 unspecified atom stereocenters. The highest BCUT2D eigenvalue weighted by Gasteiger charge is 2.57. The summed E-state index contributed by atoms with van der Waals surface area (Å²) >= 11 is 0. The van der Waals surface area contributed by atoms with Gasteiger partial charge in [-0.2, -0.15) is 0 Å². The van der Waals surface area contributed by atoms with Gasteiger partial charge in [-0.1, -0.05) is 12.7 Å². The summed E-state index contributed by atoms with van der Waals surface area (Å²) in [5.74, 6) is 1.30. The third-order valence-electron chi connectivity index (χ3n) is 8.09. The Labute approximate surface area is 184 Å². The molecule has 5 aliphatic rings. The Bertz CT molecular complexity index is 796. The van der Waals surface area contributed by atoms with Crippen LogP contribution in [0.1, 0.15) is 72.1 Å². The zero-order chi connectivity index (χ0) is 22.4. The predicted octanol–water partition coefficient (Wildman–Crippen LogP) is 4.28. The van der Waals surface area contributed by atoms with Gasteiger partial charge in [0.2, 0.25) is 0 Å². The molecule has 5 fully saturated rings. The summed E-state index contributed by atoms with van der Waals surface area (Å²) in [5.41, 5.74) is -0.523. The Hall–Kier alpha value is -2.11. The molecule has 31 heavy (non-hydrogen) atoms. The van der Waals surface area contributed by atoms with Gasteiger partial charge in [-0.3, -0.25) is 4.79 Å². The quantitative estimate of drug-likeness (QED) is 0.356. The van der Waals surface area contributed by atoms with E-state index in [4.69, 9.17) is 14.2 Å². The van der Waals surface area contributed by atoms with Crippen molar-refractivity contribution in [1.82, 2.24) is 0 Å². The van der Waals surface area contributed by atoms with Crippen molar-refractivity contribution in [3.63, 3.8) is 0 Å². The summed E-state index contributed by atoms with van der Waals surface area (Å²) < 4.78 is 16.6. The second-order valence-corrected chi connectivity index (χ2v) is 10.6. The average Bonchev–Trinajstić information content (AvgIpc) is 2.69. The smallest absolute Gasteiger partial charge is 0.334 e. The summed E-state index contributed by atoms with van der Waals surface area (Å²) in [6.07, 6.45) is 8.42. The molecule has 0 radical (unpaired) electrons. The first kappa shape index (κ1) is 22.1. The minimum absolute atomic E-state index is 0.0493. The lowest BCUT2D eigenvalue weighted by Crippen LogP contribution is -2.58. The number of ether oxygens (including phenoxy) is 3. The molecule has 6 heteroatoms. The number of esters is 3. The van der Waals surface area contributed by atoms with Crippen LogP contribution in [0.4, 0.5) is 0 Å². The first-order chi connectivity index (χ1) is 14.6. The van der Waals surface area contributed by atoms with E-state index in [0.29, 0.717) is 29.4 Å². The Kier molecular flexibility index (Phi) is 5.78. The number of allylic oxidation sites excluding steroid dienone is 1. The lowest BCUT2D eigenvalue weighted by Gasteiger charge is -2.59. The van der Waals surface area contributed by atoms with Crippen LogP contribution < -0.4 is 0 Å². The van der Waals surface area contributed by atoms with Crippen molar-refractivity contribution in [3.05, 3.63) is 23.8 Å². The molecule has 0 aromatic heterocycles. The van der Waals surface area contributed by atoms with Gasteiger partial charge in [0.05, 0.1) is 13.0 Å². The van der Waals surface area contributed by atoms with Crippen LogP contribution in [0.3, 0.4) is 0 Å². The van der Waals surface area contributed by atoms with Gasteiger partial charge < -0.3 is 14.2 Å². The topological polar surface area (TPSA) is 78.9 Å². The van der Waals surface area contributed by atoms with Gasteiger partial charge >= 0.3 is 17.9 Å². The maximum absolute atomic E-state index is 12.8. The van der Waals surface area contributed by atoms with Crippen LogP contribution in [0, 0.1) is 23.7 Å². The van der Waals surface area contributed by atoms with Crippen LogP contribution >= 0.6 is 0 Å². The molecule has 1 saturated heterocycles. The number of hydrogen-bond donors (Lipinski definition) is 0. The van der Waals surface area contributed by atoms with Gasteiger partial charge in [0.25, 0.3) is 0 Å². The molecule has 4 bridgehead atoms. The SMILES string of the molecule is C=C(CC=C(C)C(=O)OC1(C)CCOC(=O)C1)C(=O)OC1(C)C2CC3CC(C2)CC1C3. The molecule has 0 amide bonds. The highest BCUT2D eigenvalue weighted by molar-refractivity contribution is 5.90. The first-order valence-electron chi connectivity index (χ1n) is 11.5. The van der Waals surface area contributed by atoms with Crippen LogP contribution in [-0.2, 0) is 28.6 Å². The highest BCUT2D eigenvalue weighted by atomic mass is 16.6. The van der Waals surface area contributed by atoms with E-state index in [9.17, 15) is 14.4 Å². The van der Waals surface area contributed by atoms with Crippen molar-refractivity contribution >= 4 is 17.9 Å². The normalized spacial score (nSPS) is 39.1. The summed E-state index contributed by atoms with van der Waals surface area (Å²) in [7, 11) is 0. The van der Waals surface area contributed by atoms with E-state index in [-0.39, 0.29) is 31.4 Å². The van der Waals surface area contributed by atoms with Crippen LogP contribution in [0.25, 0.3) is 0 Å². The fourth-order valence-electron chi connectivity index (χ4n) is 6.22. The number of cyclic esters (lactones) is 1. The Morgan fingerprint density at radius 3 is 2.26 bits per heavy atom. The zero-order valence-corrected chi connectivity index (χ0v) is 18.9. The molecule has 0 spiro atoms. The molecule has 0 N–H and O–H groups in total. The third kappa shape index (κ3) is 4.44. The summed E-state index contributed by atoms with van der Waals surface area (Å²) in [4.78, 5) is 36.8. The molecule has 0 aromatic carbocycles. The van der Waals surface area contributed by atoms with E-state index in [1.165, 1.54) is 32.1 Å². The zero-order valence-electron chi connectivity index (χ0n) is 18.9. The van der Waals surface area contributed by atoms with Crippen LogP contribution in [0.2, 0.25) is 0 Å². The Morgan fingerprint density at radius 2 is 1.68 bits per heavy atom. The fourth-order valence-corrected chi connectivity index (χ4v) is 6.22. The average molecular weight is 431 g/mol. The van der Waals surface area contributed by atoms with Gasteiger partial charge in [0.1, 0.15) is 11.2 Å². The van der Waals surface area contributed by atoms with Crippen molar-refractivity contribution in [2.45, 2.75) is 83.3 Å². The van der Waals surface area contributed by atoms with Gasteiger partial charge in [-0.15, -0.1) is 0 Å².